The van der Waals surface area contributed by atoms with Crippen LogP contribution in [0.15, 0.2) is 5.10 Å². The lowest BCUT2D eigenvalue weighted by Gasteiger charge is -1.98. The molecule has 2 N–H and O–H groups in total. The van der Waals surface area contributed by atoms with Crippen molar-refractivity contribution in [3.8, 4) is 0 Å². The third kappa shape index (κ3) is 1.20. The Balaban J connectivity index is 3.32. The van der Waals surface area contributed by atoms with Gasteiger partial charge in [0.25, 0.3) is 0 Å². The van der Waals surface area contributed by atoms with Crippen molar-refractivity contribution < 1.29 is 0 Å². The Bertz CT molecular complexity index is 322. The molecule has 1 aromatic rings. The Labute approximate surface area is 72.1 Å². The highest BCUT2D eigenvalue weighted by atomic mass is 15.3. The maximum Gasteiger partial charge on any atom is 0.0687 e. The van der Waals surface area contributed by atoms with Gasteiger partial charge in [-0.05, 0) is 20.8 Å². The zero-order valence-electron chi connectivity index (χ0n) is 7.92. The van der Waals surface area contributed by atoms with E-state index in [4.69, 9.17) is 5.84 Å². The predicted molar refractivity (Wildman–Crippen MR) is 49.1 cm³/mol. The van der Waals surface area contributed by atoms with Gasteiger partial charge >= 0.3 is 0 Å². The lowest BCUT2D eigenvalue weighted by atomic mass is 10.1. The van der Waals surface area contributed by atoms with E-state index < -0.39 is 0 Å². The smallest absolute Gasteiger partial charge is 0.0687 e. The molecule has 0 unspecified atom stereocenters. The molecule has 0 amide bonds. The van der Waals surface area contributed by atoms with Crippen molar-refractivity contribution in [1.82, 2.24) is 9.78 Å². The molecule has 0 spiro atoms. The molecule has 0 saturated heterocycles. The maximum atomic E-state index is 5.20. The van der Waals surface area contributed by atoms with Crippen LogP contribution in [0.3, 0.4) is 0 Å². The average Bonchev–Trinajstić information content (AvgIpc) is 2.26. The summed E-state index contributed by atoms with van der Waals surface area (Å²) >= 11 is 0. The summed E-state index contributed by atoms with van der Waals surface area (Å²) in [6.45, 7) is 5.85. The molecule has 0 fully saturated rings. The van der Waals surface area contributed by atoms with Gasteiger partial charge in [0.15, 0.2) is 0 Å². The van der Waals surface area contributed by atoms with Crippen molar-refractivity contribution in [2.75, 3.05) is 0 Å². The minimum atomic E-state index is 0.832. The summed E-state index contributed by atoms with van der Waals surface area (Å²) in [6, 6.07) is 0. The third-order valence-electron chi connectivity index (χ3n) is 2.06. The minimum Gasteiger partial charge on any atom is -0.323 e. The Hall–Kier alpha value is -1.32. The van der Waals surface area contributed by atoms with Crippen molar-refractivity contribution in [3.05, 3.63) is 17.0 Å². The third-order valence-corrected chi connectivity index (χ3v) is 2.06. The highest BCUT2D eigenvalue weighted by Gasteiger charge is 2.11. The minimum absolute atomic E-state index is 0.832. The molecule has 0 radical (unpaired) electrons. The maximum absolute atomic E-state index is 5.20. The Morgan fingerprint density at radius 1 is 1.50 bits per heavy atom. The molecule has 0 bridgehead atoms. The molecule has 66 valence electrons. The van der Waals surface area contributed by atoms with Crippen LogP contribution in [-0.2, 0) is 7.05 Å². The molecule has 0 aliphatic rings. The van der Waals surface area contributed by atoms with Crippen LogP contribution >= 0.6 is 0 Å². The second kappa shape index (κ2) is 2.97. The molecule has 1 heterocycles. The summed E-state index contributed by atoms with van der Waals surface area (Å²) < 4.78 is 1.83. The van der Waals surface area contributed by atoms with E-state index in [9.17, 15) is 0 Å². The molecule has 4 heteroatoms. The van der Waals surface area contributed by atoms with Gasteiger partial charge in [-0.15, -0.1) is 0 Å². The molecule has 0 aromatic carbocycles. The average molecular weight is 166 g/mol. The molecule has 1 aromatic heterocycles. The number of nitrogens with two attached hydrogens (primary N) is 1. The van der Waals surface area contributed by atoms with E-state index >= 15 is 0 Å². The van der Waals surface area contributed by atoms with Gasteiger partial charge in [0.1, 0.15) is 0 Å². The fraction of sp³-hybridized carbons (Fsp3) is 0.500. The molecule has 4 nitrogen and oxygen atoms in total. The highest BCUT2D eigenvalue weighted by molar-refractivity contribution is 6.00. The first-order chi connectivity index (χ1) is 5.57. The van der Waals surface area contributed by atoms with E-state index in [1.54, 1.807) is 0 Å². The topological polar surface area (TPSA) is 56.2 Å². The van der Waals surface area contributed by atoms with Crippen molar-refractivity contribution in [3.63, 3.8) is 0 Å². The van der Waals surface area contributed by atoms with E-state index in [-0.39, 0.29) is 0 Å². The predicted octanol–water partition coefficient (Wildman–Crippen LogP) is 0.720. The number of aromatic nitrogens is 2. The fourth-order valence-corrected chi connectivity index (χ4v) is 1.36. The number of hydrogen-bond donors (Lipinski definition) is 1. The monoisotopic (exact) mass is 166 g/mol. The van der Waals surface area contributed by atoms with Crippen molar-refractivity contribution in [1.29, 1.82) is 0 Å². The van der Waals surface area contributed by atoms with Crippen LogP contribution < -0.4 is 5.84 Å². The Morgan fingerprint density at radius 3 is 2.42 bits per heavy atom. The molecule has 12 heavy (non-hydrogen) atoms. The molecule has 1 rings (SSSR count). The van der Waals surface area contributed by atoms with Gasteiger partial charge in [-0.2, -0.15) is 10.2 Å². The molecule has 0 aliphatic carbocycles. The fourth-order valence-electron chi connectivity index (χ4n) is 1.36. The van der Waals surface area contributed by atoms with Crippen LogP contribution in [0.2, 0.25) is 0 Å². The number of aryl methyl sites for hydroxylation is 2. The van der Waals surface area contributed by atoms with E-state index in [0.29, 0.717) is 0 Å². The Morgan fingerprint density at radius 2 is 2.08 bits per heavy atom. The van der Waals surface area contributed by atoms with Crippen LogP contribution in [-0.4, -0.2) is 15.5 Å². The molecule has 0 aliphatic heterocycles. The first-order valence-electron chi connectivity index (χ1n) is 3.83. The van der Waals surface area contributed by atoms with Gasteiger partial charge in [-0.1, -0.05) is 0 Å². The molecule has 0 atom stereocenters. The normalized spacial score (nSPS) is 12.2. The number of hydrazone groups is 1. The second-order valence-electron chi connectivity index (χ2n) is 2.88. The second-order valence-corrected chi connectivity index (χ2v) is 2.88. The quantitative estimate of drug-likeness (QED) is 0.379. The first kappa shape index (κ1) is 8.77. The zero-order valence-corrected chi connectivity index (χ0v) is 7.92. The summed E-state index contributed by atoms with van der Waals surface area (Å²) in [4.78, 5) is 0. The number of rotatable bonds is 1. The Kier molecular flexibility index (Phi) is 2.17. The van der Waals surface area contributed by atoms with Crippen LogP contribution in [0.5, 0.6) is 0 Å². The zero-order chi connectivity index (χ0) is 9.30. The summed E-state index contributed by atoms with van der Waals surface area (Å²) in [7, 11) is 1.91. The van der Waals surface area contributed by atoms with Gasteiger partial charge in [-0.25, -0.2) is 0 Å². The SMILES string of the molecule is C/C(=N\N)c1c(C)nn(C)c1C. The first-order valence-corrected chi connectivity index (χ1v) is 3.83. The van der Waals surface area contributed by atoms with Gasteiger partial charge < -0.3 is 5.84 Å². The molecule has 0 saturated carbocycles. The number of nitrogens with zero attached hydrogens (tertiary/aromatic N) is 3. The van der Waals surface area contributed by atoms with Crippen molar-refractivity contribution in [2.24, 2.45) is 18.0 Å². The van der Waals surface area contributed by atoms with Crippen LogP contribution in [0.25, 0.3) is 0 Å². The standard InChI is InChI=1S/C8H14N4/c1-5(10-9)8-6(2)11-12(4)7(8)3/h9H2,1-4H3/b10-5+. The van der Waals surface area contributed by atoms with E-state index in [2.05, 4.69) is 10.2 Å². The highest BCUT2D eigenvalue weighted by Crippen LogP contribution is 2.12. The van der Waals surface area contributed by atoms with Crippen molar-refractivity contribution >= 4 is 5.71 Å². The van der Waals surface area contributed by atoms with E-state index in [0.717, 1.165) is 22.7 Å². The summed E-state index contributed by atoms with van der Waals surface area (Å²) in [5, 5.41) is 7.92. The summed E-state index contributed by atoms with van der Waals surface area (Å²) in [5.74, 6) is 5.20. The van der Waals surface area contributed by atoms with E-state index in [1.165, 1.54) is 0 Å². The lowest BCUT2D eigenvalue weighted by molar-refractivity contribution is 0.731. The summed E-state index contributed by atoms with van der Waals surface area (Å²) in [6.07, 6.45) is 0. The van der Waals surface area contributed by atoms with E-state index in [1.807, 2.05) is 32.5 Å². The van der Waals surface area contributed by atoms with Gasteiger partial charge in [-0.3, -0.25) is 4.68 Å². The summed E-state index contributed by atoms with van der Waals surface area (Å²) in [5.41, 5.74) is 3.96. The van der Waals surface area contributed by atoms with Crippen LogP contribution in [0.4, 0.5) is 0 Å². The largest absolute Gasteiger partial charge is 0.323 e. The van der Waals surface area contributed by atoms with Gasteiger partial charge in [0, 0.05) is 18.3 Å². The molecular weight excluding hydrogens is 152 g/mol. The van der Waals surface area contributed by atoms with Crippen molar-refractivity contribution in [2.45, 2.75) is 20.8 Å². The van der Waals surface area contributed by atoms with Crippen LogP contribution in [0, 0.1) is 13.8 Å². The molecular formula is C8H14N4. The number of hydrogen-bond acceptors (Lipinski definition) is 3. The van der Waals surface area contributed by atoms with Gasteiger partial charge in [0.05, 0.1) is 11.4 Å². The van der Waals surface area contributed by atoms with Gasteiger partial charge in [0.2, 0.25) is 0 Å². The van der Waals surface area contributed by atoms with Crippen LogP contribution in [0.1, 0.15) is 23.9 Å². The lowest BCUT2D eigenvalue weighted by Crippen LogP contribution is -2.02.